The van der Waals surface area contributed by atoms with Crippen LogP contribution in [0.4, 0.5) is 0 Å². The summed E-state index contributed by atoms with van der Waals surface area (Å²) in [5.74, 6) is 0. The number of aryl methyl sites for hydroxylation is 2. The Kier molecular flexibility index (Phi) is 7.60. The lowest BCUT2D eigenvalue weighted by molar-refractivity contribution is 0.161. The Labute approximate surface area is 124 Å². The van der Waals surface area contributed by atoms with E-state index < -0.39 is 0 Å². The Morgan fingerprint density at radius 2 is 2.16 bits per heavy atom. The van der Waals surface area contributed by atoms with Crippen LogP contribution in [0.2, 0.25) is 0 Å². The molecule has 0 aliphatic carbocycles. The zero-order chi connectivity index (χ0) is 14.3. The number of likely N-dealkylation sites (N-methyl/N-ethyl adjacent to an activating group) is 1. The van der Waals surface area contributed by atoms with E-state index in [9.17, 15) is 0 Å². The maximum absolute atomic E-state index is 5.05. The lowest BCUT2D eigenvalue weighted by Gasteiger charge is -2.16. The molecule has 0 aliphatic heterocycles. The molecule has 0 aromatic carbocycles. The van der Waals surface area contributed by atoms with Crippen molar-refractivity contribution in [2.45, 2.75) is 19.9 Å². The van der Waals surface area contributed by atoms with Crippen LogP contribution in [0.15, 0.2) is 4.47 Å². The van der Waals surface area contributed by atoms with Crippen molar-refractivity contribution in [2.75, 3.05) is 40.4 Å². The second-order valence-corrected chi connectivity index (χ2v) is 5.45. The number of aromatic nitrogens is 2. The molecule has 0 spiro atoms. The van der Waals surface area contributed by atoms with Gasteiger partial charge in [0.05, 0.1) is 22.5 Å². The average molecular weight is 333 g/mol. The lowest BCUT2D eigenvalue weighted by Crippen LogP contribution is -2.31. The van der Waals surface area contributed by atoms with E-state index in [1.54, 1.807) is 7.11 Å². The van der Waals surface area contributed by atoms with Crippen LogP contribution in [0.25, 0.3) is 0 Å². The molecular formula is C13H25BrN4O. The summed E-state index contributed by atoms with van der Waals surface area (Å²) in [7, 11) is 5.83. The first-order valence-electron chi connectivity index (χ1n) is 6.68. The largest absolute Gasteiger partial charge is 0.383 e. The van der Waals surface area contributed by atoms with Crippen molar-refractivity contribution < 1.29 is 4.74 Å². The molecule has 6 heteroatoms. The zero-order valence-corrected chi connectivity index (χ0v) is 14.0. The van der Waals surface area contributed by atoms with Crippen LogP contribution in [0.1, 0.15) is 18.3 Å². The number of rotatable bonds is 9. The summed E-state index contributed by atoms with van der Waals surface area (Å²) >= 11 is 3.63. The summed E-state index contributed by atoms with van der Waals surface area (Å²) in [4.78, 5) is 2.26. The van der Waals surface area contributed by atoms with Gasteiger partial charge in [0.2, 0.25) is 0 Å². The Morgan fingerprint density at radius 3 is 2.74 bits per heavy atom. The highest BCUT2D eigenvalue weighted by molar-refractivity contribution is 9.10. The SMILES string of the molecule is CCc1nn(C)c(CNCCN(C)CCOC)c1Br. The maximum atomic E-state index is 5.05. The number of halogens is 1. The highest BCUT2D eigenvalue weighted by Crippen LogP contribution is 2.21. The van der Waals surface area contributed by atoms with Crippen LogP contribution in [0, 0.1) is 0 Å². The van der Waals surface area contributed by atoms with Crippen molar-refractivity contribution in [3.8, 4) is 0 Å². The van der Waals surface area contributed by atoms with Gasteiger partial charge in [0.15, 0.2) is 0 Å². The molecule has 1 heterocycles. The molecule has 1 aromatic rings. The first-order chi connectivity index (χ1) is 9.10. The van der Waals surface area contributed by atoms with Gasteiger partial charge in [-0.25, -0.2) is 0 Å². The third-order valence-corrected chi connectivity index (χ3v) is 4.06. The molecule has 0 saturated carbocycles. The monoisotopic (exact) mass is 332 g/mol. The maximum Gasteiger partial charge on any atom is 0.0767 e. The van der Waals surface area contributed by atoms with E-state index in [-0.39, 0.29) is 0 Å². The highest BCUT2D eigenvalue weighted by Gasteiger charge is 2.11. The summed E-state index contributed by atoms with van der Waals surface area (Å²) in [6.07, 6.45) is 0.953. The molecule has 1 aromatic heterocycles. The Balaban J connectivity index is 2.31. The van der Waals surface area contributed by atoms with Crippen molar-refractivity contribution in [1.29, 1.82) is 0 Å². The molecule has 1 rings (SSSR count). The van der Waals surface area contributed by atoms with E-state index >= 15 is 0 Å². The first-order valence-corrected chi connectivity index (χ1v) is 7.47. The second-order valence-electron chi connectivity index (χ2n) is 4.66. The Bertz CT molecular complexity index is 381. The van der Waals surface area contributed by atoms with Gasteiger partial charge >= 0.3 is 0 Å². The molecule has 0 unspecified atom stereocenters. The minimum Gasteiger partial charge on any atom is -0.383 e. The van der Waals surface area contributed by atoms with E-state index in [0.717, 1.165) is 49.4 Å². The normalized spacial score (nSPS) is 11.5. The van der Waals surface area contributed by atoms with Gasteiger partial charge in [-0.1, -0.05) is 6.92 Å². The van der Waals surface area contributed by atoms with E-state index in [2.05, 4.69) is 45.2 Å². The van der Waals surface area contributed by atoms with Crippen LogP contribution < -0.4 is 5.32 Å². The summed E-state index contributed by atoms with van der Waals surface area (Å²) in [6.45, 7) is 6.67. The van der Waals surface area contributed by atoms with Crippen molar-refractivity contribution in [3.63, 3.8) is 0 Å². The fourth-order valence-corrected chi connectivity index (χ4v) is 2.60. The second kappa shape index (κ2) is 8.68. The standard InChI is InChI=1S/C13H25BrN4O/c1-5-11-13(14)12(18(3)16-11)10-15-6-7-17(2)8-9-19-4/h15H,5-10H2,1-4H3. The van der Waals surface area contributed by atoms with Crippen molar-refractivity contribution >= 4 is 15.9 Å². The Hall–Kier alpha value is -0.430. The molecule has 0 saturated heterocycles. The number of ether oxygens (including phenoxy) is 1. The van der Waals surface area contributed by atoms with Crippen LogP contribution in [0.5, 0.6) is 0 Å². The van der Waals surface area contributed by atoms with Gasteiger partial charge < -0.3 is 15.0 Å². The molecule has 0 radical (unpaired) electrons. The van der Waals surface area contributed by atoms with Gasteiger partial charge in [-0.2, -0.15) is 5.10 Å². The molecule has 0 amide bonds. The van der Waals surface area contributed by atoms with Gasteiger partial charge in [0.25, 0.3) is 0 Å². The molecule has 0 bridgehead atoms. The molecule has 19 heavy (non-hydrogen) atoms. The van der Waals surface area contributed by atoms with Gasteiger partial charge in [0, 0.05) is 40.3 Å². The van der Waals surface area contributed by atoms with Crippen LogP contribution >= 0.6 is 15.9 Å². The molecule has 0 aliphatic rings. The minimum absolute atomic E-state index is 0.781. The predicted molar refractivity (Wildman–Crippen MR) is 81.4 cm³/mol. The summed E-state index contributed by atoms with van der Waals surface area (Å²) < 4.78 is 8.14. The minimum atomic E-state index is 0.781. The highest BCUT2D eigenvalue weighted by atomic mass is 79.9. The van der Waals surface area contributed by atoms with Crippen molar-refractivity contribution in [3.05, 3.63) is 15.9 Å². The topological polar surface area (TPSA) is 42.3 Å². The van der Waals surface area contributed by atoms with E-state index in [1.807, 2.05) is 11.7 Å². The average Bonchev–Trinajstić information content (AvgIpc) is 2.67. The van der Waals surface area contributed by atoms with E-state index in [1.165, 1.54) is 5.69 Å². The summed E-state index contributed by atoms with van der Waals surface area (Å²) in [5.41, 5.74) is 2.33. The lowest BCUT2D eigenvalue weighted by atomic mass is 10.3. The number of nitrogens with zero attached hydrogens (tertiary/aromatic N) is 3. The number of hydrogen-bond acceptors (Lipinski definition) is 4. The van der Waals surface area contributed by atoms with Gasteiger partial charge in [-0.05, 0) is 29.4 Å². The van der Waals surface area contributed by atoms with Crippen LogP contribution in [-0.4, -0.2) is 55.1 Å². The molecular weight excluding hydrogens is 308 g/mol. The fraction of sp³-hybridized carbons (Fsp3) is 0.769. The van der Waals surface area contributed by atoms with Crippen molar-refractivity contribution in [1.82, 2.24) is 20.0 Å². The number of methoxy groups -OCH3 is 1. The molecule has 0 fully saturated rings. The zero-order valence-electron chi connectivity index (χ0n) is 12.4. The number of nitrogens with one attached hydrogen (secondary N) is 1. The third-order valence-electron chi connectivity index (χ3n) is 3.14. The third kappa shape index (κ3) is 5.22. The van der Waals surface area contributed by atoms with E-state index in [0.29, 0.717) is 0 Å². The van der Waals surface area contributed by atoms with Gasteiger partial charge in [-0.3, -0.25) is 4.68 Å². The fourth-order valence-electron chi connectivity index (χ4n) is 1.85. The van der Waals surface area contributed by atoms with E-state index in [4.69, 9.17) is 4.74 Å². The van der Waals surface area contributed by atoms with Crippen molar-refractivity contribution in [2.24, 2.45) is 7.05 Å². The number of hydrogen-bond donors (Lipinski definition) is 1. The molecule has 1 N–H and O–H groups in total. The van der Waals surface area contributed by atoms with Crippen LogP contribution in [-0.2, 0) is 24.8 Å². The predicted octanol–water partition coefficient (Wildman–Crippen LogP) is 1.41. The van der Waals surface area contributed by atoms with Gasteiger partial charge in [-0.15, -0.1) is 0 Å². The quantitative estimate of drug-likeness (QED) is 0.694. The van der Waals surface area contributed by atoms with Gasteiger partial charge in [0.1, 0.15) is 0 Å². The molecule has 0 atom stereocenters. The Morgan fingerprint density at radius 1 is 1.42 bits per heavy atom. The smallest absolute Gasteiger partial charge is 0.0767 e. The molecule has 5 nitrogen and oxygen atoms in total. The summed E-state index contributed by atoms with van der Waals surface area (Å²) in [5, 5.41) is 7.94. The summed E-state index contributed by atoms with van der Waals surface area (Å²) in [6, 6.07) is 0. The molecule has 110 valence electrons. The van der Waals surface area contributed by atoms with Crippen LogP contribution in [0.3, 0.4) is 0 Å². The first kappa shape index (κ1) is 16.6.